The van der Waals surface area contributed by atoms with Gasteiger partial charge in [-0.15, -0.1) is 0 Å². The zero-order valence-corrected chi connectivity index (χ0v) is 17.9. The zero-order chi connectivity index (χ0) is 16.7. The minimum atomic E-state index is 0.120. The van der Waals surface area contributed by atoms with Gasteiger partial charge in [-0.2, -0.15) is 0 Å². The fraction of sp³-hybridized carbons (Fsp3) is 0.550. The Morgan fingerprint density at radius 3 is 1.81 bits per heavy atom. The maximum atomic E-state index is 3.71. The molecule has 0 aliphatic heterocycles. The van der Waals surface area contributed by atoms with Crippen LogP contribution in [-0.2, 0) is 19.4 Å². The van der Waals surface area contributed by atoms with Crippen molar-refractivity contribution in [2.75, 3.05) is 0 Å². The van der Waals surface area contributed by atoms with E-state index in [9.17, 15) is 0 Å². The van der Waals surface area contributed by atoms with Crippen molar-refractivity contribution in [2.45, 2.75) is 61.8 Å². The molecule has 0 N–H and O–H groups in total. The van der Waals surface area contributed by atoms with E-state index in [0.29, 0.717) is 0 Å². The molecule has 1 rings (SSSR count). The van der Waals surface area contributed by atoms with Crippen molar-refractivity contribution in [3.05, 3.63) is 47.5 Å². The van der Waals surface area contributed by atoms with Crippen molar-refractivity contribution >= 4 is 3.90 Å². The molecular formula is C20H31W-. The summed E-state index contributed by atoms with van der Waals surface area (Å²) in [7, 11) is 0. The second-order valence-corrected chi connectivity index (χ2v) is 8.84. The Morgan fingerprint density at radius 1 is 0.952 bits per heavy atom. The molecule has 0 saturated heterocycles. The number of hydrogen-bond acceptors (Lipinski definition) is 0. The van der Waals surface area contributed by atoms with Crippen molar-refractivity contribution in [1.29, 1.82) is 0 Å². The molecule has 0 bridgehead atoms. The van der Waals surface area contributed by atoms with Gasteiger partial charge in [0.05, 0.1) is 0 Å². The predicted molar refractivity (Wildman–Crippen MR) is 92.2 cm³/mol. The first kappa shape index (κ1) is 20.5. The fourth-order valence-electron chi connectivity index (χ4n) is 1.84. The number of allylic oxidation sites excluding steroid dienone is 2. The zero-order valence-electron chi connectivity index (χ0n) is 15.0. The fourth-order valence-corrected chi connectivity index (χ4v) is 2.84. The molecule has 0 aromatic heterocycles. The Bertz CT molecular complexity index is 453. The van der Waals surface area contributed by atoms with E-state index in [-0.39, 0.29) is 10.8 Å². The first-order valence-electron chi connectivity index (χ1n) is 7.82. The van der Waals surface area contributed by atoms with Gasteiger partial charge in [-0.3, -0.25) is 0 Å². The minimum absolute atomic E-state index is 0.120. The molecule has 1 aromatic rings. The third-order valence-corrected chi connectivity index (χ3v) is 4.23. The van der Waals surface area contributed by atoms with E-state index in [1.807, 2.05) is 13.8 Å². The van der Waals surface area contributed by atoms with E-state index in [4.69, 9.17) is 0 Å². The Balaban J connectivity index is 0.00000191. The third-order valence-electron chi connectivity index (χ3n) is 2.86. The second kappa shape index (κ2) is 8.84. The van der Waals surface area contributed by atoms with Gasteiger partial charge >= 0.3 is 130 Å². The van der Waals surface area contributed by atoms with Crippen molar-refractivity contribution in [2.24, 2.45) is 10.8 Å². The number of rotatable bonds is 3. The molecule has 0 spiro atoms. The van der Waals surface area contributed by atoms with Gasteiger partial charge in [0.15, 0.2) is 0 Å². The number of benzene rings is 1. The van der Waals surface area contributed by atoms with E-state index in [2.05, 4.69) is 78.0 Å². The normalized spacial score (nSPS) is 12.5. The summed E-state index contributed by atoms with van der Waals surface area (Å²) in [5.74, 6) is 0. The van der Waals surface area contributed by atoms with Crippen LogP contribution in [0.3, 0.4) is 0 Å². The summed E-state index contributed by atoms with van der Waals surface area (Å²) in [6, 6.07) is 10.7. The van der Waals surface area contributed by atoms with Crippen LogP contribution in [0.25, 0.3) is 0 Å². The van der Waals surface area contributed by atoms with E-state index < -0.39 is 0 Å². The van der Waals surface area contributed by atoms with Crippen molar-refractivity contribution < 1.29 is 19.4 Å². The molecule has 0 saturated carbocycles. The second-order valence-electron chi connectivity index (χ2n) is 7.07. The number of hydrogen-bond donors (Lipinski definition) is 0. The van der Waals surface area contributed by atoms with Gasteiger partial charge < -0.3 is 0 Å². The molecule has 1 heteroatoms. The van der Waals surface area contributed by atoms with Crippen LogP contribution in [0.4, 0.5) is 0 Å². The van der Waals surface area contributed by atoms with Crippen LogP contribution in [-0.4, -0.2) is 3.90 Å². The summed E-state index contributed by atoms with van der Waals surface area (Å²) in [6.07, 6.45) is 4.75. The molecule has 0 atom stereocenters. The topological polar surface area (TPSA) is 0 Å². The SMILES string of the molecule is CC.CC(C)(C)[C-]=C(C[C](=[W])c1ccccc1)C(C)(C)C. The average molecular weight is 455 g/mol. The van der Waals surface area contributed by atoms with Crippen LogP contribution in [0.5, 0.6) is 0 Å². The molecule has 0 amide bonds. The average Bonchev–Trinajstić information content (AvgIpc) is 2.38. The van der Waals surface area contributed by atoms with Gasteiger partial charge in [0, 0.05) is 0 Å². The van der Waals surface area contributed by atoms with E-state index in [1.165, 1.54) is 15.0 Å². The van der Waals surface area contributed by atoms with Crippen molar-refractivity contribution in [3.63, 3.8) is 0 Å². The molecule has 0 aliphatic carbocycles. The van der Waals surface area contributed by atoms with Crippen LogP contribution >= 0.6 is 0 Å². The summed E-state index contributed by atoms with van der Waals surface area (Å²) in [4.78, 5) is 0. The molecular weight excluding hydrogens is 424 g/mol. The molecule has 0 nitrogen and oxygen atoms in total. The summed E-state index contributed by atoms with van der Waals surface area (Å²) in [6.45, 7) is 17.5. The van der Waals surface area contributed by atoms with E-state index in [0.717, 1.165) is 6.42 Å². The molecule has 1 aromatic carbocycles. The van der Waals surface area contributed by atoms with Gasteiger partial charge in [-0.1, -0.05) is 13.8 Å². The summed E-state index contributed by atoms with van der Waals surface area (Å²) < 4.78 is 1.50. The quantitative estimate of drug-likeness (QED) is 0.491. The Labute approximate surface area is 143 Å². The predicted octanol–water partition coefficient (Wildman–Crippen LogP) is 5.99. The van der Waals surface area contributed by atoms with E-state index >= 15 is 0 Å². The summed E-state index contributed by atoms with van der Waals surface area (Å²) >= 11 is 1.55. The monoisotopic (exact) mass is 455 g/mol. The van der Waals surface area contributed by atoms with Crippen LogP contribution in [0.1, 0.15) is 67.4 Å². The van der Waals surface area contributed by atoms with Gasteiger partial charge in [-0.05, 0) is 0 Å². The van der Waals surface area contributed by atoms with Crippen molar-refractivity contribution in [3.8, 4) is 0 Å². The van der Waals surface area contributed by atoms with Gasteiger partial charge in [-0.25, -0.2) is 0 Å². The molecule has 21 heavy (non-hydrogen) atoms. The summed E-state index contributed by atoms with van der Waals surface area (Å²) in [5.41, 5.74) is 3.10. The van der Waals surface area contributed by atoms with Crippen molar-refractivity contribution in [1.82, 2.24) is 0 Å². The molecule has 0 unspecified atom stereocenters. The molecule has 0 heterocycles. The molecule has 0 aliphatic rings. The first-order chi connectivity index (χ1) is 9.59. The van der Waals surface area contributed by atoms with Crippen LogP contribution < -0.4 is 0 Å². The van der Waals surface area contributed by atoms with Gasteiger partial charge in [0.2, 0.25) is 0 Å². The maximum absolute atomic E-state index is 3.71. The standard InChI is InChI=1S/C18H25.C2H6.W/c1-17(2,3)14-16(18(4,5)6)13-12-15-10-8-7-9-11-15;1-2;/h7-11H,13H2,1-6H3;1-2H3;/q-1;;. The Hall–Kier alpha value is -0.482. The van der Waals surface area contributed by atoms with Gasteiger partial charge in [0.25, 0.3) is 0 Å². The first-order valence-corrected chi connectivity index (χ1v) is 9.29. The summed E-state index contributed by atoms with van der Waals surface area (Å²) in [5, 5.41) is 0. The Morgan fingerprint density at radius 2 is 1.43 bits per heavy atom. The molecule has 0 fully saturated rings. The third kappa shape index (κ3) is 8.52. The van der Waals surface area contributed by atoms with Crippen LogP contribution in [0, 0.1) is 16.9 Å². The van der Waals surface area contributed by atoms with Crippen LogP contribution in [0.15, 0.2) is 35.9 Å². The van der Waals surface area contributed by atoms with Crippen LogP contribution in [0.2, 0.25) is 0 Å². The molecule has 118 valence electrons. The molecule has 0 radical (unpaired) electrons. The van der Waals surface area contributed by atoms with Gasteiger partial charge in [0.1, 0.15) is 0 Å². The Kier molecular flexibility index (Phi) is 8.64. The van der Waals surface area contributed by atoms with E-state index in [1.54, 1.807) is 19.4 Å².